The van der Waals surface area contributed by atoms with Gasteiger partial charge < -0.3 is 5.32 Å². The maximum atomic E-state index is 14.2. The van der Waals surface area contributed by atoms with E-state index in [2.05, 4.69) is 10.0 Å². The summed E-state index contributed by atoms with van der Waals surface area (Å²) in [6.45, 7) is -0.111. The fourth-order valence-corrected chi connectivity index (χ4v) is 3.87. The molecule has 0 radical (unpaired) electrons. The van der Waals surface area contributed by atoms with Crippen molar-refractivity contribution >= 4 is 44.8 Å². The molecule has 1 amide bonds. The second-order valence-corrected chi connectivity index (χ2v) is 8.78. The number of rotatable bonds is 6. The minimum absolute atomic E-state index is 0.111. The van der Waals surface area contributed by atoms with Gasteiger partial charge in [0.2, 0.25) is 10.0 Å². The van der Waals surface area contributed by atoms with Crippen molar-refractivity contribution in [2.45, 2.75) is 11.4 Å². The third-order valence-electron chi connectivity index (χ3n) is 4.05. The van der Waals surface area contributed by atoms with Crippen LogP contribution in [0.4, 0.5) is 14.5 Å². The normalized spacial score (nSPS) is 11.3. The standard InChI is InChI=1S/C20H14Cl2F2N2O3S/c21-13-3-7-17(22)19(9-13)26-20(27)16-10-15(6-8-18(16)24)30(28,29)25-11-12-1-4-14(23)5-2-12/h1-10,25H,11H2,(H,26,27). The van der Waals surface area contributed by atoms with Gasteiger partial charge in [0, 0.05) is 11.6 Å². The SMILES string of the molecule is O=C(Nc1cc(Cl)ccc1Cl)c1cc(S(=O)(=O)NCc2ccc(F)cc2)ccc1F. The molecule has 0 aliphatic carbocycles. The lowest BCUT2D eigenvalue weighted by molar-refractivity contribution is 0.102. The molecule has 0 heterocycles. The fourth-order valence-electron chi connectivity index (χ4n) is 2.49. The van der Waals surface area contributed by atoms with Crippen molar-refractivity contribution in [2.24, 2.45) is 0 Å². The zero-order valence-corrected chi connectivity index (χ0v) is 17.5. The molecule has 0 aromatic heterocycles. The van der Waals surface area contributed by atoms with E-state index >= 15 is 0 Å². The largest absolute Gasteiger partial charge is 0.320 e. The minimum Gasteiger partial charge on any atom is -0.320 e. The van der Waals surface area contributed by atoms with Crippen molar-refractivity contribution in [3.63, 3.8) is 0 Å². The third-order valence-corrected chi connectivity index (χ3v) is 6.01. The summed E-state index contributed by atoms with van der Waals surface area (Å²) in [5.41, 5.74) is 0.183. The van der Waals surface area contributed by atoms with Gasteiger partial charge in [0.05, 0.1) is 21.2 Å². The number of carbonyl (C=O) groups is 1. The average Bonchev–Trinajstić information content (AvgIpc) is 2.70. The predicted octanol–water partition coefficient (Wildman–Crippen LogP) is 5.00. The molecule has 156 valence electrons. The predicted molar refractivity (Wildman–Crippen MR) is 111 cm³/mol. The smallest absolute Gasteiger partial charge is 0.258 e. The Morgan fingerprint density at radius 2 is 1.63 bits per heavy atom. The Kier molecular flexibility index (Phi) is 6.72. The summed E-state index contributed by atoms with van der Waals surface area (Å²) in [6.07, 6.45) is 0. The van der Waals surface area contributed by atoms with E-state index in [4.69, 9.17) is 23.2 Å². The lowest BCUT2D eigenvalue weighted by atomic mass is 10.2. The first-order valence-electron chi connectivity index (χ1n) is 8.46. The van der Waals surface area contributed by atoms with Gasteiger partial charge >= 0.3 is 0 Å². The molecule has 0 aliphatic rings. The Bertz CT molecular complexity index is 1200. The Labute approximate surface area is 181 Å². The molecular formula is C20H14Cl2F2N2O3S. The summed E-state index contributed by atoms with van der Waals surface area (Å²) in [6, 6.07) is 12.4. The molecule has 2 N–H and O–H groups in total. The monoisotopic (exact) mass is 470 g/mol. The maximum absolute atomic E-state index is 14.2. The maximum Gasteiger partial charge on any atom is 0.258 e. The van der Waals surface area contributed by atoms with Gasteiger partial charge in [-0.25, -0.2) is 21.9 Å². The zero-order valence-electron chi connectivity index (χ0n) is 15.1. The summed E-state index contributed by atoms with van der Waals surface area (Å²) < 4.78 is 54.6. The molecule has 10 heteroatoms. The van der Waals surface area contributed by atoms with Gasteiger partial charge in [-0.3, -0.25) is 4.79 Å². The molecule has 0 aliphatic heterocycles. The van der Waals surface area contributed by atoms with Crippen LogP contribution in [0.1, 0.15) is 15.9 Å². The topological polar surface area (TPSA) is 75.3 Å². The van der Waals surface area contributed by atoms with Gasteiger partial charge in [0.25, 0.3) is 5.91 Å². The van der Waals surface area contributed by atoms with E-state index in [9.17, 15) is 22.0 Å². The Morgan fingerprint density at radius 1 is 0.933 bits per heavy atom. The first kappa shape index (κ1) is 22.2. The van der Waals surface area contributed by atoms with Crippen molar-refractivity contribution in [1.29, 1.82) is 0 Å². The number of nitrogens with one attached hydrogen (secondary N) is 2. The molecule has 0 saturated carbocycles. The van der Waals surface area contributed by atoms with Crippen LogP contribution in [-0.2, 0) is 16.6 Å². The molecule has 5 nitrogen and oxygen atoms in total. The number of amides is 1. The molecule has 30 heavy (non-hydrogen) atoms. The van der Waals surface area contributed by atoms with Gasteiger partial charge in [-0.1, -0.05) is 35.3 Å². The van der Waals surface area contributed by atoms with Gasteiger partial charge in [-0.2, -0.15) is 0 Å². The van der Waals surface area contributed by atoms with Crippen LogP contribution in [0.5, 0.6) is 0 Å². The van der Waals surface area contributed by atoms with Crippen LogP contribution < -0.4 is 10.0 Å². The molecule has 3 aromatic rings. The fraction of sp³-hybridized carbons (Fsp3) is 0.0500. The summed E-state index contributed by atoms with van der Waals surface area (Å²) >= 11 is 11.8. The highest BCUT2D eigenvalue weighted by Crippen LogP contribution is 2.26. The summed E-state index contributed by atoms with van der Waals surface area (Å²) in [7, 11) is -4.07. The van der Waals surface area contributed by atoms with Crippen molar-refractivity contribution in [1.82, 2.24) is 4.72 Å². The number of carbonyl (C=O) groups excluding carboxylic acids is 1. The third kappa shape index (κ3) is 5.34. The van der Waals surface area contributed by atoms with E-state index in [1.54, 1.807) is 0 Å². The van der Waals surface area contributed by atoms with Crippen molar-refractivity contribution < 1.29 is 22.0 Å². The summed E-state index contributed by atoms with van der Waals surface area (Å²) in [5.74, 6) is -2.26. The molecular weight excluding hydrogens is 457 g/mol. The van der Waals surface area contributed by atoms with Gasteiger partial charge in [0.15, 0.2) is 0 Å². The number of halogens is 4. The Hall–Kier alpha value is -2.52. The molecule has 0 unspecified atom stereocenters. The van der Waals surface area contributed by atoms with Crippen molar-refractivity contribution in [2.75, 3.05) is 5.32 Å². The van der Waals surface area contributed by atoms with Crippen LogP contribution >= 0.6 is 23.2 Å². The number of anilines is 1. The molecule has 3 aromatic carbocycles. The second-order valence-electron chi connectivity index (χ2n) is 6.17. The molecule has 0 fully saturated rings. The quantitative estimate of drug-likeness (QED) is 0.531. The lowest BCUT2D eigenvalue weighted by Crippen LogP contribution is -2.24. The van der Waals surface area contributed by atoms with E-state index in [0.717, 1.165) is 18.2 Å². The van der Waals surface area contributed by atoms with Crippen LogP contribution in [0.25, 0.3) is 0 Å². The molecule has 0 atom stereocenters. The van der Waals surface area contributed by atoms with Crippen LogP contribution in [0.2, 0.25) is 10.0 Å². The number of sulfonamides is 1. The van der Waals surface area contributed by atoms with Crippen LogP contribution in [0.15, 0.2) is 65.6 Å². The van der Waals surface area contributed by atoms with Crippen molar-refractivity contribution in [3.8, 4) is 0 Å². The second kappa shape index (κ2) is 9.09. The molecule has 3 rings (SSSR count). The molecule has 0 bridgehead atoms. The highest BCUT2D eigenvalue weighted by molar-refractivity contribution is 7.89. The lowest BCUT2D eigenvalue weighted by Gasteiger charge is -2.11. The number of benzene rings is 3. The van der Waals surface area contributed by atoms with E-state index < -0.39 is 33.1 Å². The molecule has 0 spiro atoms. The van der Waals surface area contributed by atoms with Gasteiger partial charge in [-0.05, 0) is 54.1 Å². The van der Waals surface area contributed by atoms with Gasteiger partial charge in [0.1, 0.15) is 11.6 Å². The number of hydrogen-bond acceptors (Lipinski definition) is 3. The zero-order chi connectivity index (χ0) is 21.9. The van der Waals surface area contributed by atoms with Crippen LogP contribution in [0, 0.1) is 11.6 Å². The number of hydrogen-bond donors (Lipinski definition) is 2. The van der Waals surface area contributed by atoms with E-state index in [1.807, 2.05) is 0 Å². The highest BCUT2D eigenvalue weighted by Gasteiger charge is 2.20. The first-order chi connectivity index (χ1) is 14.2. The van der Waals surface area contributed by atoms with E-state index in [0.29, 0.717) is 10.6 Å². The van der Waals surface area contributed by atoms with Crippen molar-refractivity contribution in [3.05, 3.63) is 93.5 Å². The van der Waals surface area contributed by atoms with E-state index in [1.165, 1.54) is 42.5 Å². The summed E-state index contributed by atoms with van der Waals surface area (Å²) in [5, 5.41) is 2.88. The highest BCUT2D eigenvalue weighted by atomic mass is 35.5. The Morgan fingerprint density at radius 3 is 2.33 bits per heavy atom. The average molecular weight is 471 g/mol. The van der Waals surface area contributed by atoms with Crippen LogP contribution in [-0.4, -0.2) is 14.3 Å². The Balaban J connectivity index is 1.81. The van der Waals surface area contributed by atoms with Crippen LogP contribution in [0.3, 0.4) is 0 Å². The minimum atomic E-state index is -4.07. The summed E-state index contributed by atoms with van der Waals surface area (Å²) in [4.78, 5) is 12.2. The molecule has 0 saturated heterocycles. The van der Waals surface area contributed by atoms with Gasteiger partial charge in [-0.15, -0.1) is 0 Å². The first-order valence-corrected chi connectivity index (χ1v) is 10.7. The van der Waals surface area contributed by atoms with E-state index in [-0.39, 0.29) is 22.2 Å².